The predicted molar refractivity (Wildman–Crippen MR) is 74.8 cm³/mol. The highest BCUT2D eigenvalue weighted by Gasteiger charge is 2.30. The Kier molecular flexibility index (Phi) is 4.98. The molecule has 1 aromatic rings. The largest absolute Gasteiger partial charge is 0.494 e. The summed E-state index contributed by atoms with van der Waals surface area (Å²) < 4.78 is 5.35. The van der Waals surface area contributed by atoms with E-state index in [4.69, 9.17) is 9.84 Å². The molecule has 2 unspecified atom stereocenters. The topological polar surface area (TPSA) is 78.8 Å². The number of hydrogen-bond donors (Lipinski definition) is 3. The maximum absolute atomic E-state index is 10.9. The van der Waals surface area contributed by atoms with Crippen LogP contribution in [0, 0.1) is 0 Å². The first kappa shape index (κ1) is 14.8. The number of ether oxygens (including phenoxy) is 1. The monoisotopic (exact) mass is 279 g/mol. The van der Waals surface area contributed by atoms with Crippen LogP contribution in [0.1, 0.15) is 37.9 Å². The molecule has 3 N–H and O–H groups in total. The van der Waals surface area contributed by atoms with Gasteiger partial charge in [-0.15, -0.1) is 0 Å². The van der Waals surface area contributed by atoms with Crippen LogP contribution in [0.2, 0.25) is 0 Å². The van der Waals surface area contributed by atoms with Crippen molar-refractivity contribution in [3.05, 3.63) is 29.8 Å². The third-order valence-corrected chi connectivity index (χ3v) is 3.34. The molecule has 0 amide bonds. The van der Waals surface area contributed by atoms with Gasteiger partial charge in [-0.2, -0.15) is 0 Å². The number of aliphatic hydroxyl groups excluding tert-OH is 1. The summed E-state index contributed by atoms with van der Waals surface area (Å²) in [5.74, 6) is -0.165. The van der Waals surface area contributed by atoms with E-state index in [9.17, 15) is 9.90 Å². The molecule has 0 spiro atoms. The Labute approximate surface area is 118 Å². The van der Waals surface area contributed by atoms with Crippen molar-refractivity contribution < 1.29 is 19.7 Å². The van der Waals surface area contributed by atoms with E-state index < -0.39 is 18.1 Å². The van der Waals surface area contributed by atoms with E-state index in [1.165, 1.54) is 0 Å². The van der Waals surface area contributed by atoms with Crippen LogP contribution in [0.3, 0.4) is 0 Å². The summed E-state index contributed by atoms with van der Waals surface area (Å²) in [6.45, 7) is 2.50. The molecule has 1 aliphatic rings. The van der Waals surface area contributed by atoms with Gasteiger partial charge in [0, 0.05) is 12.1 Å². The first-order valence-electron chi connectivity index (χ1n) is 6.98. The van der Waals surface area contributed by atoms with Crippen molar-refractivity contribution in [3.8, 4) is 5.75 Å². The molecule has 0 saturated heterocycles. The zero-order valence-electron chi connectivity index (χ0n) is 11.6. The SMILES string of the molecule is CCOc1ccc(C(O)C(CC(=O)O)NC2CC2)cc1. The molecule has 5 heteroatoms. The normalized spacial score (nSPS) is 17.5. The third kappa shape index (κ3) is 4.21. The first-order chi connectivity index (χ1) is 9.60. The van der Waals surface area contributed by atoms with Gasteiger partial charge in [-0.25, -0.2) is 0 Å². The number of carbonyl (C=O) groups is 1. The summed E-state index contributed by atoms with van der Waals surface area (Å²) >= 11 is 0. The third-order valence-electron chi connectivity index (χ3n) is 3.34. The van der Waals surface area contributed by atoms with Crippen LogP contribution in [0.5, 0.6) is 5.75 Å². The van der Waals surface area contributed by atoms with Gasteiger partial charge in [0.1, 0.15) is 5.75 Å². The fourth-order valence-electron chi connectivity index (χ4n) is 2.16. The van der Waals surface area contributed by atoms with Crippen molar-refractivity contribution in [2.45, 2.75) is 44.4 Å². The Morgan fingerprint density at radius 2 is 2.05 bits per heavy atom. The average molecular weight is 279 g/mol. The Balaban J connectivity index is 2.04. The maximum Gasteiger partial charge on any atom is 0.305 e. The molecule has 1 saturated carbocycles. The maximum atomic E-state index is 10.9. The van der Waals surface area contributed by atoms with E-state index in [0.717, 1.165) is 18.6 Å². The number of aliphatic carboxylic acids is 1. The molecule has 5 nitrogen and oxygen atoms in total. The second kappa shape index (κ2) is 6.72. The van der Waals surface area contributed by atoms with Gasteiger partial charge < -0.3 is 20.3 Å². The van der Waals surface area contributed by atoms with Gasteiger partial charge in [0.05, 0.1) is 19.1 Å². The summed E-state index contributed by atoms with van der Waals surface area (Å²) in [7, 11) is 0. The smallest absolute Gasteiger partial charge is 0.305 e. The first-order valence-corrected chi connectivity index (χ1v) is 6.98. The number of nitrogens with one attached hydrogen (secondary N) is 1. The number of hydrogen-bond acceptors (Lipinski definition) is 4. The van der Waals surface area contributed by atoms with Crippen molar-refractivity contribution in [1.29, 1.82) is 0 Å². The van der Waals surface area contributed by atoms with Gasteiger partial charge in [-0.1, -0.05) is 12.1 Å². The molecule has 2 rings (SSSR count). The number of carboxylic acids is 1. The Bertz CT molecular complexity index is 442. The van der Waals surface area contributed by atoms with Crippen LogP contribution in [-0.2, 0) is 4.79 Å². The molecule has 110 valence electrons. The highest BCUT2D eigenvalue weighted by atomic mass is 16.5. The minimum Gasteiger partial charge on any atom is -0.494 e. The minimum atomic E-state index is -0.909. The molecule has 2 atom stereocenters. The Morgan fingerprint density at radius 3 is 2.55 bits per heavy atom. The van der Waals surface area contributed by atoms with Gasteiger partial charge in [0.15, 0.2) is 0 Å². The standard InChI is InChI=1S/C15H21NO4/c1-2-20-12-7-3-10(4-8-12)15(19)13(9-14(17)18)16-11-5-6-11/h3-4,7-8,11,13,15-16,19H,2,5-6,9H2,1H3,(H,17,18). The van der Waals surface area contributed by atoms with Crippen molar-refractivity contribution in [3.63, 3.8) is 0 Å². The van der Waals surface area contributed by atoms with Crippen molar-refractivity contribution in [2.24, 2.45) is 0 Å². The lowest BCUT2D eigenvalue weighted by Crippen LogP contribution is -2.38. The van der Waals surface area contributed by atoms with Gasteiger partial charge in [0.2, 0.25) is 0 Å². The Hall–Kier alpha value is -1.59. The van der Waals surface area contributed by atoms with E-state index >= 15 is 0 Å². The molecule has 1 aromatic carbocycles. The molecule has 0 aliphatic heterocycles. The summed E-state index contributed by atoms with van der Waals surface area (Å²) in [4.78, 5) is 10.9. The van der Waals surface area contributed by atoms with Crippen LogP contribution in [0.15, 0.2) is 24.3 Å². The van der Waals surface area contributed by atoms with E-state index in [0.29, 0.717) is 18.2 Å². The van der Waals surface area contributed by atoms with E-state index in [1.807, 2.05) is 6.92 Å². The summed E-state index contributed by atoms with van der Waals surface area (Å²) in [6.07, 6.45) is 1.17. The van der Waals surface area contributed by atoms with E-state index in [1.54, 1.807) is 24.3 Å². The van der Waals surface area contributed by atoms with Crippen LogP contribution in [-0.4, -0.2) is 34.9 Å². The van der Waals surface area contributed by atoms with Crippen LogP contribution < -0.4 is 10.1 Å². The van der Waals surface area contributed by atoms with Gasteiger partial charge >= 0.3 is 5.97 Å². The summed E-state index contributed by atoms with van der Waals surface area (Å²) in [6, 6.07) is 7.02. The van der Waals surface area contributed by atoms with Gasteiger partial charge in [-0.05, 0) is 37.5 Å². The molecule has 0 heterocycles. The van der Waals surface area contributed by atoms with Gasteiger partial charge in [-0.3, -0.25) is 4.79 Å². The highest BCUT2D eigenvalue weighted by molar-refractivity contribution is 5.67. The summed E-state index contributed by atoms with van der Waals surface area (Å²) in [5.41, 5.74) is 0.702. The van der Waals surface area contributed by atoms with E-state index in [2.05, 4.69) is 5.32 Å². The average Bonchev–Trinajstić information content (AvgIpc) is 3.22. The zero-order valence-corrected chi connectivity index (χ0v) is 11.6. The van der Waals surface area contributed by atoms with Crippen LogP contribution in [0.4, 0.5) is 0 Å². The minimum absolute atomic E-state index is 0.0924. The van der Waals surface area contributed by atoms with Crippen molar-refractivity contribution >= 4 is 5.97 Å². The molecular formula is C15H21NO4. The summed E-state index contributed by atoms with van der Waals surface area (Å²) in [5, 5.41) is 22.5. The van der Waals surface area contributed by atoms with Gasteiger partial charge in [0.25, 0.3) is 0 Å². The lowest BCUT2D eigenvalue weighted by atomic mass is 9.99. The Morgan fingerprint density at radius 1 is 1.40 bits per heavy atom. The quantitative estimate of drug-likeness (QED) is 0.675. The van der Waals surface area contributed by atoms with Crippen molar-refractivity contribution in [1.82, 2.24) is 5.32 Å². The number of rotatable bonds is 8. The number of aliphatic hydroxyl groups is 1. The molecular weight excluding hydrogens is 258 g/mol. The lowest BCUT2D eigenvalue weighted by molar-refractivity contribution is -0.138. The lowest BCUT2D eigenvalue weighted by Gasteiger charge is -2.23. The second-order valence-corrected chi connectivity index (χ2v) is 5.09. The molecule has 1 aliphatic carbocycles. The number of benzene rings is 1. The fraction of sp³-hybridized carbons (Fsp3) is 0.533. The van der Waals surface area contributed by atoms with Crippen LogP contribution >= 0.6 is 0 Å². The molecule has 0 radical (unpaired) electrons. The highest BCUT2D eigenvalue weighted by Crippen LogP contribution is 2.26. The van der Waals surface area contributed by atoms with E-state index in [-0.39, 0.29) is 6.42 Å². The van der Waals surface area contributed by atoms with Crippen molar-refractivity contribution in [2.75, 3.05) is 6.61 Å². The predicted octanol–water partition coefficient (Wildman–Crippen LogP) is 1.71. The molecule has 20 heavy (non-hydrogen) atoms. The number of carboxylic acid groups (broad SMARTS) is 1. The second-order valence-electron chi connectivity index (χ2n) is 5.09. The molecule has 0 aromatic heterocycles. The van der Waals surface area contributed by atoms with Crippen LogP contribution in [0.25, 0.3) is 0 Å². The molecule has 1 fully saturated rings. The zero-order chi connectivity index (χ0) is 14.5. The molecule has 0 bridgehead atoms. The fourth-order valence-corrected chi connectivity index (χ4v) is 2.16.